The van der Waals surface area contributed by atoms with Crippen LogP contribution in [-0.2, 0) is 10.0 Å². The van der Waals surface area contributed by atoms with Gasteiger partial charge in [-0.2, -0.15) is 0 Å². The first-order chi connectivity index (χ1) is 6.81. The summed E-state index contributed by atoms with van der Waals surface area (Å²) in [6, 6.07) is 4.60. The van der Waals surface area contributed by atoms with E-state index in [0.717, 1.165) is 6.26 Å². The SMILES string of the molecule is CC(=O)c1cccc(NS(C)(=O)=O)c1Cl. The third-order valence-electron chi connectivity index (χ3n) is 1.67. The minimum Gasteiger partial charge on any atom is -0.294 e. The highest BCUT2D eigenvalue weighted by molar-refractivity contribution is 7.92. The van der Waals surface area contributed by atoms with Gasteiger partial charge in [0.25, 0.3) is 0 Å². The van der Waals surface area contributed by atoms with Crippen molar-refractivity contribution in [2.45, 2.75) is 6.92 Å². The Labute approximate surface area is 93.3 Å². The molecule has 0 saturated heterocycles. The number of carbonyl (C=O) groups excluding carboxylic acids is 1. The van der Waals surface area contributed by atoms with Gasteiger partial charge >= 0.3 is 0 Å². The molecule has 0 aliphatic carbocycles. The highest BCUT2D eigenvalue weighted by Gasteiger charge is 2.11. The summed E-state index contributed by atoms with van der Waals surface area (Å²) in [5, 5.41) is 0.121. The molecule has 0 bridgehead atoms. The Bertz CT molecular complexity index is 496. The monoisotopic (exact) mass is 247 g/mol. The number of halogens is 1. The number of rotatable bonds is 3. The van der Waals surface area contributed by atoms with Crippen LogP contribution in [0, 0.1) is 0 Å². The molecule has 6 heteroatoms. The fraction of sp³-hybridized carbons (Fsp3) is 0.222. The Balaban J connectivity index is 3.22. The van der Waals surface area contributed by atoms with Crippen LogP contribution in [0.3, 0.4) is 0 Å². The van der Waals surface area contributed by atoms with Crippen molar-refractivity contribution < 1.29 is 13.2 Å². The summed E-state index contributed by atoms with van der Waals surface area (Å²) in [4.78, 5) is 11.1. The lowest BCUT2D eigenvalue weighted by molar-refractivity contribution is 0.101. The minimum atomic E-state index is -3.39. The van der Waals surface area contributed by atoms with Gasteiger partial charge in [0, 0.05) is 5.56 Å². The predicted molar refractivity (Wildman–Crippen MR) is 59.9 cm³/mol. The first-order valence-corrected chi connectivity index (χ1v) is 6.35. The van der Waals surface area contributed by atoms with Crippen LogP contribution in [-0.4, -0.2) is 20.5 Å². The van der Waals surface area contributed by atoms with Crippen molar-refractivity contribution in [1.29, 1.82) is 0 Å². The molecule has 0 aromatic heterocycles. The lowest BCUT2D eigenvalue weighted by Crippen LogP contribution is -2.10. The maximum atomic E-state index is 11.1. The molecule has 0 aliphatic heterocycles. The summed E-state index contributed by atoms with van der Waals surface area (Å²) < 4.78 is 24.2. The van der Waals surface area contributed by atoms with Crippen molar-refractivity contribution in [2.24, 2.45) is 0 Å². The maximum absolute atomic E-state index is 11.1. The molecule has 0 amide bonds. The summed E-state index contributed by atoms with van der Waals surface area (Å²) in [5.41, 5.74) is 0.511. The van der Waals surface area contributed by atoms with Gasteiger partial charge in [-0.25, -0.2) is 8.42 Å². The first kappa shape index (κ1) is 12.0. The molecule has 0 unspecified atom stereocenters. The standard InChI is InChI=1S/C9H10ClNO3S/c1-6(12)7-4-3-5-8(9(7)10)11-15(2,13)14/h3-5,11H,1-2H3. The van der Waals surface area contributed by atoms with Crippen molar-refractivity contribution in [1.82, 2.24) is 0 Å². The summed E-state index contributed by atoms with van der Waals surface area (Å²) >= 11 is 5.86. The lowest BCUT2D eigenvalue weighted by Gasteiger charge is -2.08. The second kappa shape index (κ2) is 4.20. The van der Waals surface area contributed by atoms with Crippen molar-refractivity contribution >= 4 is 33.1 Å². The third kappa shape index (κ3) is 3.21. The van der Waals surface area contributed by atoms with Crippen molar-refractivity contribution in [3.05, 3.63) is 28.8 Å². The van der Waals surface area contributed by atoms with E-state index in [1.807, 2.05) is 0 Å². The predicted octanol–water partition coefficient (Wildman–Crippen LogP) is 1.91. The fourth-order valence-corrected chi connectivity index (χ4v) is 2.01. The summed E-state index contributed by atoms with van der Waals surface area (Å²) in [6.45, 7) is 1.37. The molecule has 0 saturated carbocycles. The number of hydrogen-bond donors (Lipinski definition) is 1. The molecule has 0 atom stereocenters. The van der Waals surface area contributed by atoms with Crippen LogP contribution in [0.25, 0.3) is 0 Å². The van der Waals surface area contributed by atoms with Crippen LogP contribution in [0.2, 0.25) is 5.02 Å². The molecule has 1 rings (SSSR count). The molecule has 15 heavy (non-hydrogen) atoms. The molecule has 1 N–H and O–H groups in total. The number of benzene rings is 1. The number of sulfonamides is 1. The second-order valence-electron chi connectivity index (χ2n) is 3.10. The third-order valence-corrected chi connectivity index (χ3v) is 2.67. The number of carbonyl (C=O) groups is 1. The van der Waals surface area contributed by atoms with Crippen LogP contribution in [0.1, 0.15) is 17.3 Å². The molecule has 82 valence electrons. The van der Waals surface area contributed by atoms with Crippen molar-refractivity contribution in [2.75, 3.05) is 11.0 Å². The minimum absolute atomic E-state index is 0.121. The van der Waals surface area contributed by atoms with E-state index in [1.54, 1.807) is 6.07 Å². The second-order valence-corrected chi connectivity index (χ2v) is 5.22. The van der Waals surface area contributed by atoms with Crippen LogP contribution in [0.15, 0.2) is 18.2 Å². The number of nitrogens with one attached hydrogen (secondary N) is 1. The highest BCUT2D eigenvalue weighted by Crippen LogP contribution is 2.26. The largest absolute Gasteiger partial charge is 0.294 e. The molecular weight excluding hydrogens is 238 g/mol. The van der Waals surface area contributed by atoms with E-state index in [9.17, 15) is 13.2 Å². The normalized spacial score (nSPS) is 11.1. The Kier molecular flexibility index (Phi) is 3.36. The van der Waals surface area contributed by atoms with E-state index >= 15 is 0 Å². The molecule has 0 radical (unpaired) electrons. The zero-order valence-corrected chi connectivity index (χ0v) is 9.82. The summed E-state index contributed by atoms with van der Waals surface area (Å²) in [7, 11) is -3.39. The molecule has 1 aromatic rings. The molecule has 4 nitrogen and oxygen atoms in total. The quantitative estimate of drug-likeness (QED) is 0.830. The zero-order valence-electron chi connectivity index (χ0n) is 8.24. The Hall–Kier alpha value is -1.07. The average molecular weight is 248 g/mol. The van der Waals surface area contributed by atoms with Gasteiger partial charge in [-0.15, -0.1) is 0 Å². The van der Waals surface area contributed by atoms with E-state index < -0.39 is 10.0 Å². The van der Waals surface area contributed by atoms with E-state index in [4.69, 9.17) is 11.6 Å². The number of hydrogen-bond acceptors (Lipinski definition) is 3. The van der Waals surface area contributed by atoms with Gasteiger partial charge in [0.05, 0.1) is 17.0 Å². The number of anilines is 1. The van der Waals surface area contributed by atoms with Crippen LogP contribution < -0.4 is 4.72 Å². The summed E-state index contributed by atoms with van der Waals surface area (Å²) in [5.74, 6) is -0.211. The van der Waals surface area contributed by atoms with Crippen LogP contribution >= 0.6 is 11.6 Å². The average Bonchev–Trinajstić information content (AvgIpc) is 2.05. The van der Waals surface area contributed by atoms with Crippen LogP contribution in [0.4, 0.5) is 5.69 Å². The number of Topliss-reactive ketones (excluding diaryl/α,β-unsaturated/α-hetero) is 1. The summed E-state index contributed by atoms with van der Waals surface area (Å²) in [6.07, 6.45) is 1.02. The highest BCUT2D eigenvalue weighted by atomic mass is 35.5. The zero-order chi connectivity index (χ0) is 11.6. The van der Waals surface area contributed by atoms with Gasteiger partial charge in [0.1, 0.15) is 0 Å². The molecule has 0 heterocycles. The molecule has 0 fully saturated rings. The topological polar surface area (TPSA) is 63.2 Å². The first-order valence-electron chi connectivity index (χ1n) is 4.08. The van der Waals surface area contributed by atoms with Crippen molar-refractivity contribution in [3.8, 4) is 0 Å². The smallest absolute Gasteiger partial charge is 0.229 e. The fourth-order valence-electron chi connectivity index (χ4n) is 1.08. The van der Waals surface area contributed by atoms with Gasteiger partial charge < -0.3 is 0 Å². The van der Waals surface area contributed by atoms with E-state index in [1.165, 1.54) is 19.1 Å². The van der Waals surface area contributed by atoms with E-state index in [2.05, 4.69) is 4.72 Å². The van der Waals surface area contributed by atoms with E-state index in [-0.39, 0.29) is 16.5 Å². The molecular formula is C9H10ClNO3S. The van der Waals surface area contributed by atoms with Crippen LogP contribution in [0.5, 0.6) is 0 Å². The van der Waals surface area contributed by atoms with Gasteiger partial charge in [0.15, 0.2) is 5.78 Å². The number of ketones is 1. The molecule has 0 aliphatic rings. The van der Waals surface area contributed by atoms with Gasteiger partial charge in [0.2, 0.25) is 10.0 Å². The molecule has 1 aromatic carbocycles. The Morgan fingerprint density at radius 3 is 2.47 bits per heavy atom. The van der Waals surface area contributed by atoms with E-state index in [0.29, 0.717) is 5.56 Å². The lowest BCUT2D eigenvalue weighted by atomic mass is 10.1. The van der Waals surface area contributed by atoms with Crippen molar-refractivity contribution in [3.63, 3.8) is 0 Å². The Morgan fingerprint density at radius 2 is 2.00 bits per heavy atom. The maximum Gasteiger partial charge on any atom is 0.229 e. The van der Waals surface area contributed by atoms with Gasteiger partial charge in [-0.3, -0.25) is 9.52 Å². The molecule has 0 spiro atoms. The van der Waals surface area contributed by atoms with Gasteiger partial charge in [-0.05, 0) is 19.1 Å². The Morgan fingerprint density at radius 1 is 1.40 bits per heavy atom. The van der Waals surface area contributed by atoms with Gasteiger partial charge in [-0.1, -0.05) is 17.7 Å².